The number of hydrogen-bond donors (Lipinski definition) is 1. The second-order valence-electron chi connectivity index (χ2n) is 4.46. The molecule has 0 atom stereocenters. The molecule has 1 heterocycles. The van der Waals surface area contributed by atoms with Crippen LogP contribution in [0.4, 0.5) is 5.69 Å². The minimum Gasteiger partial charge on any atom is -0.370 e. The van der Waals surface area contributed by atoms with Crippen molar-refractivity contribution in [3.05, 3.63) is 27.7 Å². The molecule has 1 saturated heterocycles. The van der Waals surface area contributed by atoms with Gasteiger partial charge in [-0.3, -0.25) is 0 Å². The van der Waals surface area contributed by atoms with Crippen LogP contribution in [0.15, 0.2) is 12.1 Å². The van der Waals surface area contributed by atoms with Crippen molar-refractivity contribution in [1.29, 1.82) is 0 Å². The van der Waals surface area contributed by atoms with E-state index in [9.17, 15) is 0 Å². The maximum atomic E-state index is 6.35. The van der Waals surface area contributed by atoms with Gasteiger partial charge in [-0.25, -0.2) is 0 Å². The number of rotatable bonds is 4. The molecule has 1 aliphatic heterocycles. The summed E-state index contributed by atoms with van der Waals surface area (Å²) in [5.41, 5.74) is 7.69. The first-order valence-corrected chi connectivity index (χ1v) is 6.91. The third-order valence-corrected chi connectivity index (χ3v) is 4.15. The van der Waals surface area contributed by atoms with Gasteiger partial charge in [-0.15, -0.1) is 0 Å². The Morgan fingerprint density at radius 1 is 1.12 bits per heavy atom. The molecule has 0 unspecified atom stereocenters. The van der Waals surface area contributed by atoms with Crippen LogP contribution < -0.4 is 10.6 Å². The van der Waals surface area contributed by atoms with Gasteiger partial charge in [-0.1, -0.05) is 29.3 Å². The van der Waals surface area contributed by atoms with Crippen molar-refractivity contribution in [2.45, 2.75) is 25.7 Å². The molecule has 94 valence electrons. The van der Waals surface area contributed by atoms with Gasteiger partial charge in [-0.2, -0.15) is 0 Å². The van der Waals surface area contributed by atoms with Crippen LogP contribution in [0.3, 0.4) is 0 Å². The van der Waals surface area contributed by atoms with Crippen LogP contribution >= 0.6 is 23.2 Å². The molecule has 2 nitrogen and oxygen atoms in total. The Morgan fingerprint density at radius 2 is 1.82 bits per heavy atom. The van der Waals surface area contributed by atoms with Crippen molar-refractivity contribution in [3.8, 4) is 0 Å². The molecule has 0 radical (unpaired) electrons. The van der Waals surface area contributed by atoms with Gasteiger partial charge in [0.1, 0.15) is 0 Å². The fraction of sp³-hybridized carbons (Fsp3) is 0.538. The molecule has 1 aliphatic rings. The number of nitrogens with two attached hydrogens (primary N) is 1. The SMILES string of the molecule is NCCCc1ccc(N2CCCC2)c(Cl)c1Cl. The van der Waals surface area contributed by atoms with Gasteiger partial charge < -0.3 is 10.6 Å². The van der Waals surface area contributed by atoms with Gasteiger partial charge in [-0.05, 0) is 43.9 Å². The number of benzene rings is 1. The highest BCUT2D eigenvalue weighted by Crippen LogP contribution is 2.37. The molecule has 0 bridgehead atoms. The van der Waals surface area contributed by atoms with E-state index in [1.54, 1.807) is 0 Å². The van der Waals surface area contributed by atoms with Crippen molar-refractivity contribution in [3.63, 3.8) is 0 Å². The average molecular weight is 273 g/mol. The van der Waals surface area contributed by atoms with Crippen LogP contribution in [0.5, 0.6) is 0 Å². The lowest BCUT2D eigenvalue weighted by Gasteiger charge is -2.20. The Labute approximate surface area is 113 Å². The van der Waals surface area contributed by atoms with Crippen LogP contribution in [0, 0.1) is 0 Å². The summed E-state index contributed by atoms with van der Waals surface area (Å²) in [7, 11) is 0. The second-order valence-corrected chi connectivity index (χ2v) is 5.21. The van der Waals surface area contributed by atoms with E-state index in [1.165, 1.54) is 12.8 Å². The van der Waals surface area contributed by atoms with E-state index in [0.29, 0.717) is 16.6 Å². The van der Waals surface area contributed by atoms with Gasteiger partial charge in [0.15, 0.2) is 0 Å². The molecule has 1 aromatic rings. The first-order valence-electron chi connectivity index (χ1n) is 6.16. The van der Waals surface area contributed by atoms with Gasteiger partial charge >= 0.3 is 0 Å². The molecule has 0 aliphatic carbocycles. The molecular weight excluding hydrogens is 255 g/mol. The molecule has 0 amide bonds. The van der Waals surface area contributed by atoms with Gasteiger partial charge in [0.2, 0.25) is 0 Å². The number of halogens is 2. The number of aryl methyl sites for hydroxylation is 1. The minimum absolute atomic E-state index is 0.682. The predicted octanol–water partition coefficient (Wildman–Crippen LogP) is 3.48. The van der Waals surface area contributed by atoms with E-state index < -0.39 is 0 Å². The zero-order chi connectivity index (χ0) is 12.3. The average Bonchev–Trinajstić information content (AvgIpc) is 2.85. The van der Waals surface area contributed by atoms with Crippen LogP contribution in [-0.4, -0.2) is 19.6 Å². The van der Waals surface area contributed by atoms with Crippen LogP contribution in [0.2, 0.25) is 10.0 Å². The summed E-state index contributed by atoms with van der Waals surface area (Å²) in [5, 5.41) is 1.40. The Balaban J connectivity index is 2.22. The highest BCUT2D eigenvalue weighted by Gasteiger charge is 2.18. The maximum absolute atomic E-state index is 6.35. The highest BCUT2D eigenvalue weighted by molar-refractivity contribution is 6.44. The largest absolute Gasteiger partial charge is 0.370 e. The molecule has 0 aromatic heterocycles. The van der Waals surface area contributed by atoms with Crippen molar-refractivity contribution in [2.24, 2.45) is 5.73 Å². The van der Waals surface area contributed by atoms with Crippen molar-refractivity contribution in [2.75, 3.05) is 24.5 Å². The first kappa shape index (κ1) is 13.0. The zero-order valence-electron chi connectivity index (χ0n) is 9.88. The Bertz CT molecular complexity index is 387. The lowest BCUT2D eigenvalue weighted by atomic mass is 10.1. The summed E-state index contributed by atoms with van der Waals surface area (Å²) in [6.45, 7) is 2.85. The first-order chi connectivity index (χ1) is 8.24. The number of nitrogens with zero attached hydrogens (tertiary/aromatic N) is 1. The molecule has 1 aromatic carbocycles. The summed E-state index contributed by atoms with van der Waals surface area (Å²) < 4.78 is 0. The lowest BCUT2D eigenvalue weighted by molar-refractivity contribution is 0.832. The van der Waals surface area contributed by atoms with Gasteiger partial charge in [0.05, 0.1) is 15.7 Å². The van der Waals surface area contributed by atoms with E-state index in [0.717, 1.165) is 37.2 Å². The summed E-state index contributed by atoms with van der Waals surface area (Å²) >= 11 is 12.7. The van der Waals surface area contributed by atoms with E-state index in [-0.39, 0.29) is 0 Å². The second kappa shape index (κ2) is 5.94. The third kappa shape index (κ3) is 2.87. The predicted molar refractivity (Wildman–Crippen MR) is 75.3 cm³/mol. The van der Waals surface area contributed by atoms with Crippen molar-refractivity contribution in [1.82, 2.24) is 0 Å². The fourth-order valence-electron chi connectivity index (χ4n) is 2.27. The van der Waals surface area contributed by atoms with Crippen LogP contribution in [0.25, 0.3) is 0 Å². The fourth-order valence-corrected chi connectivity index (χ4v) is 2.83. The molecule has 2 rings (SSSR count). The van der Waals surface area contributed by atoms with Gasteiger partial charge in [0.25, 0.3) is 0 Å². The van der Waals surface area contributed by atoms with E-state index in [1.807, 2.05) is 0 Å². The Kier molecular flexibility index (Phi) is 4.55. The minimum atomic E-state index is 0.682. The monoisotopic (exact) mass is 272 g/mol. The molecule has 0 saturated carbocycles. The Morgan fingerprint density at radius 3 is 2.47 bits per heavy atom. The molecule has 4 heteroatoms. The summed E-state index contributed by atoms with van der Waals surface area (Å²) in [4.78, 5) is 2.31. The highest BCUT2D eigenvalue weighted by atomic mass is 35.5. The summed E-state index contributed by atoms with van der Waals surface area (Å²) in [6.07, 6.45) is 4.32. The van der Waals surface area contributed by atoms with Gasteiger partial charge in [0, 0.05) is 13.1 Å². The maximum Gasteiger partial charge on any atom is 0.0828 e. The van der Waals surface area contributed by atoms with Crippen LogP contribution in [0.1, 0.15) is 24.8 Å². The van der Waals surface area contributed by atoms with Crippen molar-refractivity contribution >= 4 is 28.9 Å². The summed E-state index contributed by atoms with van der Waals surface area (Å²) in [6, 6.07) is 4.17. The number of hydrogen-bond acceptors (Lipinski definition) is 2. The summed E-state index contributed by atoms with van der Waals surface area (Å²) in [5.74, 6) is 0. The Hall–Kier alpha value is -0.440. The molecule has 0 spiro atoms. The zero-order valence-corrected chi connectivity index (χ0v) is 11.4. The molecule has 2 N–H and O–H groups in total. The lowest BCUT2D eigenvalue weighted by Crippen LogP contribution is -2.18. The van der Waals surface area contributed by atoms with Crippen LogP contribution in [-0.2, 0) is 6.42 Å². The topological polar surface area (TPSA) is 29.3 Å². The molecule has 17 heavy (non-hydrogen) atoms. The van der Waals surface area contributed by atoms with E-state index in [2.05, 4.69) is 17.0 Å². The third-order valence-electron chi connectivity index (χ3n) is 3.24. The molecule has 1 fully saturated rings. The quantitative estimate of drug-likeness (QED) is 0.910. The van der Waals surface area contributed by atoms with E-state index in [4.69, 9.17) is 28.9 Å². The number of anilines is 1. The smallest absolute Gasteiger partial charge is 0.0828 e. The van der Waals surface area contributed by atoms with E-state index >= 15 is 0 Å². The normalized spacial score (nSPS) is 15.6. The standard InChI is InChI=1S/C13H18Cl2N2/c14-12-10(4-3-7-16)5-6-11(13(12)15)17-8-1-2-9-17/h5-6H,1-4,7-9,16H2. The van der Waals surface area contributed by atoms with Crippen molar-refractivity contribution < 1.29 is 0 Å². The molecular formula is C13H18Cl2N2.